The topological polar surface area (TPSA) is 108 Å². The second-order valence-electron chi connectivity index (χ2n) is 33.3. The van der Waals surface area contributed by atoms with Crippen LogP contribution in [-0.2, 0) is 81.6 Å². The average Bonchev–Trinajstić information content (AvgIpc) is 0.924. The minimum absolute atomic E-state index is 0.621. The molecular formula is C96H150N12O6+6. The number of ether oxygens (including phenoxy) is 6. The molecule has 0 spiro atoms. The highest BCUT2D eigenvalue weighted by molar-refractivity contribution is 6.27. The van der Waals surface area contributed by atoms with Crippen molar-refractivity contribution in [1.82, 2.24) is 27.4 Å². The molecule has 0 atom stereocenters. The smallest absolute Gasteiger partial charge is 0.253 e. The highest BCUT2D eigenvalue weighted by Gasteiger charge is 2.23. The Kier molecular flexibility index (Phi) is 36.8. The molecular weight excluding hydrogens is 1420 g/mol. The summed E-state index contributed by atoms with van der Waals surface area (Å²) in [5.74, 6) is 12.6. The Morgan fingerprint density at radius 1 is 0.184 bits per heavy atom. The van der Waals surface area contributed by atoms with E-state index < -0.39 is 0 Å². The summed E-state index contributed by atoms with van der Waals surface area (Å²) in [5.41, 5.74) is 0. The van der Waals surface area contributed by atoms with Gasteiger partial charge in [0, 0.05) is 41.5 Å². The van der Waals surface area contributed by atoms with E-state index in [0.717, 1.165) is 183 Å². The van der Waals surface area contributed by atoms with Crippen LogP contribution >= 0.6 is 0 Å². The molecule has 0 aliphatic heterocycles. The molecule has 6 aromatic heterocycles. The van der Waals surface area contributed by atoms with Gasteiger partial charge in [-0.05, 0) is 184 Å². The first-order valence-electron chi connectivity index (χ1n) is 45.0. The maximum atomic E-state index is 7.07. The molecule has 0 aliphatic carbocycles. The number of hydrogen-bond acceptors (Lipinski definition) is 6. The molecule has 0 saturated carbocycles. The third-order valence-electron chi connectivity index (χ3n) is 24.8. The van der Waals surface area contributed by atoms with E-state index in [0.29, 0.717) is 39.6 Å². The summed E-state index contributed by atoms with van der Waals surface area (Å²) < 4.78 is 69.9. The van der Waals surface area contributed by atoms with Gasteiger partial charge in [-0.15, -0.1) is 0 Å². The Hall–Kier alpha value is -8.28. The Morgan fingerprint density at radius 3 is 0.430 bits per heavy atom. The van der Waals surface area contributed by atoms with Crippen LogP contribution in [0.3, 0.4) is 0 Å². The van der Waals surface area contributed by atoms with E-state index in [-0.39, 0.29) is 0 Å². The van der Waals surface area contributed by atoms with Crippen LogP contribution in [0, 0.1) is 41.5 Å². The number of unbranched alkanes of at least 4 members (excludes halogenated alkanes) is 30. The van der Waals surface area contributed by atoms with Gasteiger partial charge in [0.05, 0.1) is 121 Å². The van der Waals surface area contributed by atoms with Crippen LogP contribution < -0.4 is 55.8 Å². The van der Waals surface area contributed by atoms with Crippen LogP contribution in [0.4, 0.5) is 0 Å². The molecule has 10 aromatic rings. The molecule has 0 amide bonds. The predicted octanol–water partition coefficient (Wildman–Crippen LogP) is 19.3. The molecule has 0 aliphatic rings. The molecule has 18 nitrogen and oxygen atoms in total. The third kappa shape index (κ3) is 26.9. The molecule has 0 bridgehead atoms. The van der Waals surface area contributed by atoms with Crippen molar-refractivity contribution >= 4 is 32.3 Å². The summed E-state index contributed by atoms with van der Waals surface area (Å²) in [6, 6.07) is 13.8. The zero-order valence-electron chi connectivity index (χ0n) is 73.1. The van der Waals surface area contributed by atoms with Gasteiger partial charge >= 0.3 is 0 Å². The molecule has 6 heterocycles. The van der Waals surface area contributed by atoms with Crippen molar-refractivity contribution in [2.24, 2.45) is 42.3 Å². The Labute approximate surface area is 685 Å². The zero-order chi connectivity index (χ0) is 80.2. The van der Waals surface area contributed by atoms with Gasteiger partial charge in [0.2, 0.25) is 0 Å². The number of hydrogen-bond donors (Lipinski definition) is 0. The highest BCUT2D eigenvalue weighted by atomic mass is 16.5. The average molecular weight is 1570 g/mol. The Balaban J connectivity index is 0.924. The minimum Gasteiger partial charge on any atom is -0.490 e. The molecule has 0 saturated heterocycles. The fourth-order valence-corrected chi connectivity index (χ4v) is 16.3. The molecule has 0 unspecified atom stereocenters. The summed E-state index contributed by atoms with van der Waals surface area (Å²) in [5, 5.41) is 6.63. The van der Waals surface area contributed by atoms with E-state index in [2.05, 4.69) is 249 Å². The molecule has 0 radical (unpaired) electrons. The van der Waals surface area contributed by atoms with Gasteiger partial charge in [-0.25, -0.2) is 54.8 Å². The molecule has 624 valence electrons. The van der Waals surface area contributed by atoms with Crippen molar-refractivity contribution in [2.45, 2.75) is 312 Å². The van der Waals surface area contributed by atoms with Crippen molar-refractivity contribution < 1.29 is 55.8 Å². The van der Waals surface area contributed by atoms with Crippen molar-refractivity contribution in [3.63, 3.8) is 0 Å². The predicted molar refractivity (Wildman–Crippen MR) is 460 cm³/mol. The first-order chi connectivity index (χ1) is 55.6. The summed E-state index contributed by atoms with van der Waals surface area (Å²) in [7, 11) is 12.8. The number of nitrogens with zero attached hydrogens (tertiary/aromatic N) is 12. The van der Waals surface area contributed by atoms with E-state index in [1.165, 1.54) is 189 Å². The van der Waals surface area contributed by atoms with Crippen molar-refractivity contribution in [1.29, 1.82) is 0 Å². The lowest BCUT2D eigenvalue weighted by Crippen LogP contribution is -2.29. The van der Waals surface area contributed by atoms with Crippen molar-refractivity contribution in [3.05, 3.63) is 146 Å². The van der Waals surface area contributed by atoms with E-state index >= 15 is 0 Å². The standard InChI is InChI=1S/C96H150N12O6/c1-79-97(7)55-61-103(79)49-37-25-13-19-31-43-67-109-91-73-85-86(74-92(91)110-68-44-32-20-14-26-38-50-104-62-56-98(8)80(104)2)88-76-94(112-70-46-34-22-16-28-40-52-106-64-58-100(10)82(106)4)96(114-72-48-36-24-18-30-42-54-108-66-60-102(12)84(108)6)78-90(88)89-77-95(113-71-47-35-23-17-29-41-53-107-65-59-101(11)83(107)5)93(75-87(85)89)111-69-45-33-21-15-27-39-51-105-63-57-99(9)81(105)3/h55-66,73-78H,13-54,67-72H2,1-12H3/q+6. The van der Waals surface area contributed by atoms with Crippen LogP contribution in [0.25, 0.3) is 32.3 Å². The lowest BCUT2D eigenvalue weighted by molar-refractivity contribution is -0.677. The minimum atomic E-state index is 0.621. The van der Waals surface area contributed by atoms with Crippen LogP contribution in [0.15, 0.2) is 111 Å². The van der Waals surface area contributed by atoms with Crippen LogP contribution in [0.1, 0.15) is 266 Å². The van der Waals surface area contributed by atoms with Crippen molar-refractivity contribution in [3.8, 4) is 34.5 Å². The lowest BCUT2D eigenvalue weighted by atomic mass is 9.93. The van der Waals surface area contributed by atoms with Crippen LogP contribution in [0.2, 0.25) is 0 Å². The molecule has 114 heavy (non-hydrogen) atoms. The zero-order valence-corrected chi connectivity index (χ0v) is 73.1. The molecule has 18 heteroatoms. The molecule has 4 aromatic carbocycles. The quantitative estimate of drug-likeness (QED) is 0.0213. The number of fused-ring (bicyclic) bond motifs is 6. The number of aromatic nitrogens is 12. The summed E-state index contributed by atoms with van der Waals surface area (Å²) in [4.78, 5) is 0. The van der Waals surface area contributed by atoms with Crippen LogP contribution in [-0.4, -0.2) is 67.0 Å². The van der Waals surface area contributed by atoms with Crippen LogP contribution in [0.5, 0.6) is 34.5 Å². The van der Waals surface area contributed by atoms with Gasteiger partial charge in [0.1, 0.15) is 74.4 Å². The van der Waals surface area contributed by atoms with Gasteiger partial charge < -0.3 is 28.4 Å². The highest BCUT2D eigenvalue weighted by Crippen LogP contribution is 2.48. The van der Waals surface area contributed by atoms with E-state index in [9.17, 15) is 0 Å². The maximum Gasteiger partial charge on any atom is 0.253 e. The normalized spacial score (nSPS) is 11.8. The molecule has 0 N–H and O–H groups in total. The molecule has 0 fully saturated rings. The first kappa shape index (κ1) is 88.1. The third-order valence-corrected chi connectivity index (χ3v) is 24.8. The number of aryl methyl sites for hydroxylation is 12. The Morgan fingerprint density at radius 2 is 0.307 bits per heavy atom. The second-order valence-corrected chi connectivity index (χ2v) is 33.3. The summed E-state index contributed by atoms with van der Waals surface area (Å²) in [6.07, 6.45) is 67.9. The first-order valence-corrected chi connectivity index (χ1v) is 45.0. The maximum absolute atomic E-state index is 7.07. The van der Waals surface area contributed by atoms with Gasteiger partial charge in [-0.1, -0.05) is 116 Å². The number of rotatable bonds is 60. The fourth-order valence-electron chi connectivity index (χ4n) is 16.3. The van der Waals surface area contributed by atoms with Gasteiger partial charge in [-0.2, -0.15) is 0 Å². The summed E-state index contributed by atoms with van der Waals surface area (Å²) in [6.45, 7) is 23.4. The largest absolute Gasteiger partial charge is 0.490 e. The SMILES string of the molecule is Cc1n(CCCCCCCCOc2cc3c4cc(OCCCCCCCCn5cc[n+](C)c5C)c(OCCCCCCCCn5cc[n+](C)c5C)cc4c4cc(OCCCCCCCCn5cc[n+](C)c5C)c(OCCCCCCCCn5cc[n+](C)c5C)cc4c3cc2OCCCCCCCCn2cc[n+](C)c2C)cc[n+]1C. The van der Waals surface area contributed by atoms with Gasteiger partial charge in [0.25, 0.3) is 34.9 Å². The van der Waals surface area contributed by atoms with E-state index in [1.54, 1.807) is 0 Å². The number of imidazole rings is 6. The lowest BCUT2D eigenvalue weighted by Gasteiger charge is -2.21. The number of benzene rings is 4. The summed E-state index contributed by atoms with van der Waals surface area (Å²) >= 11 is 0. The fraction of sp³-hybridized carbons (Fsp3) is 0.625. The van der Waals surface area contributed by atoms with Gasteiger partial charge in [-0.3, -0.25) is 0 Å². The van der Waals surface area contributed by atoms with Gasteiger partial charge in [0.15, 0.2) is 34.5 Å². The second kappa shape index (κ2) is 47.7. The Bertz CT molecular complexity index is 3720. The molecule has 10 rings (SSSR count). The van der Waals surface area contributed by atoms with E-state index in [1.807, 2.05) is 0 Å². The van der Waals surface area contributed by atoms with E-state index in [4.69, 9.17) is 28.4 Å². The monoisotopic (exact) mass is 1570 g/mol. The van der Waals surface area contributed by atoms with Crippen molar-refractivity contribution in [2.75, 3.05) is 39.6 Å².